The number of benzene rings is 1. The first kappa shape index (κ1) is 13.9. The Labute approximate surface area is 128 Å². The summed E-state index contributed by atoms with van der Waals surface area (Å²) in [5.41, 5.74) is 7.67. The molecule has 1 heterocycles. The molecular formula is C16H16ClN3O. The summed E-state index contributed by atoms with van der Waals surface area (Å²) in [5, 5.41) is 0.697. The topological polar surface area (TPSA) is 59.2 Å². The molecule has 108 valence electrons. The van der Waals surface area contributed by atoms with Crippen LogP contribution in [0, 0.1) is 0 Å². The molecule has 0 bridgehead atoms. The number of halogens is 1. The minimum Gasteiger partial charge on any atom is -0.397 e. The third-order valence-corrected chi connectivity index (χ3v) is 3.77. The van der Waals surface area contributed by atoms with Crippen LogP contribution in [0.5, 0.6) is 0 Å². The largest absolute Gasteiger partial charge is 0.397 e. The van der Waals surface area contributed by atoms with Crippen LogP contribution in [-0.4, -0.2) is 21.8 Å². The van der Waals surface area contributed by atoms with Gasteiger partial charge in [0.2, 0.25) is 0 Å². The zero-order chi connectivity index (χ0) is 14.8. The fraction of sp³-hybridized carbons (Fsp3) is 0.250. The van der Waals surface area contributed by atoms with E-state index in [0.717, 1.165) is 18.4 Å². The molecule has 0 spiro atoms. The van der Waals surface area contributed by atoms with Gasteiger partial charge in [0.1, 0.15) is 5.69 Å². The van der Waals surface area contributed by atoms with Crippen LogP contribution in [0.4, 0.5) is 5.69 Å². The van der Waals surface area contributed by atoms with Gasteiger partial charge in [0.05, 0.1) is 11.9 Å². The molecule has 1 aliphatic rings. The van der Waals surface area contributed by atoms with Crippen molar-refractivity contribution >= 4 is 23.2 Å². The molecule has 4 nitrogen and oxygen atoms in total. The lowest BCUT2D eigenvalue weighted by Gasteiger charge is -2.22. The Morgan fingerprint density at radius 1 is 1.24 bits per heavy atom. The van der Waals surface area contributed by atoms with E-state index in [4.69, 9.17) is 17.3 Å². The van der Waals surface area contributed by atoms with Crippen molar-refractivity contribution in [3.8, 4) is 0 Å². The van der Waals surface area contributed by atoms with Crippen molar-refractivity contribution in [3.05, 3.63) is 58.9 Å². The molecule has 1 amide bonds. The SMILES string of the molecule is Nc1ccc(C(=O)N(Cc2ccc(Cl)cc2)C2CC2)nc1. The van der Waals surface area contributed by atoms with E-state index in [-0.39, 0.29) is 5.91 Å². The number of hydrogen-bond donors (Lipinski definition) is 1. The second-order valence-corrected chi connectivity index (χ2v) is 5.70. The number of amides is 1. The summed E-state index contributed by atoms with van der Waals surface area (Å²) in [6, 6.07) is 11.3. The molecule has 0 aliphatic heterocycles. The molecule has 1 aromatic carbocycles. The first-order valence-electron chi connectivity index (χ1n) is 6.90. The molecule has 5 heteroatoms. The second kappa shape index (κ2) is 5.74. The average Bonchev–Trinajstić information content (AvgIpc) is 3.31. The summed E-state index contributed by atoms with van der Waals surface area (Å²) >= 11 is 5.89. The Hall–Kier alpha value is -2.07. The van der Waals surface area contributed by atoms with Gasteiger partial charge in [-0.15, -0.1) is 0 Å². The average molecular weight is 302 g/mol. The van der Waals surface area contributed by atoms with Gasteiger partial charge in [-0.2, -0.15) is 0 Å². The van der Waals surface area contributed by atoms with E-state index in [1.807, 2.05) is 29.2 Å². The number of nitrogens with zero attached hydrogens (tertiary/aromatic N) is 2. The Bertz CT molecular complexity index is 636. The Morgan fingerprint density at radius 2 is 1.95 bits per heavy atom. The van der Waals surface area contributed by atoms with E-state index in [1.165, 1.54) is 6.20 Å². The molecule has 21 heavy (non-hydrogen) atoms. The van der Waals surface area contributed by atoms with Crippen molar-refractivity contribution in [2.24, 2.45) is 0 Å². The Balaban J connectivity index is 1.79. The molecular weight excluding hydrogens is 286 g/mol. The van der Waals surface area contributed by atoms with Crippen LogP contribution in [0.15, 0.2) is 42.6 Å². The normalized spacial score (nSPS) is 14.0. The number of carbonyl (C=O) groups is 1. The standard InChI is InChI=1S/C16H16ClN3O/c17-12-3-1-11(2-4-12)10-20(14-6-7-14)16(21)15-8-5-13(18)9-19-15/h1-5,8-9,14H,6-7,10,18H2. The predicted molar refractivity (Wildman–Crippen MR) is 83.0 cm³/mol. The summed E-state index contributed by atoms with van der Waals surface area (Å²) in [4.78, 5) is 18.6. The molecule has 0 saturated heterocycles. The summed E-state index contributed by atoms with van der Waals surface area (Å²) in [6.45, 7) is 0.576. The van der Waals surface area contributed by atoms with Gasteiger partial charge in [-0.05, 0) is 42.7 Å². The lowest BCUT2D eigenvalue weighted by atomic mass is 10.2. The number of aromatic nitrogens is 1. The molecule has 2 N–H and O–H groups in total. The molecule has 1 aliphatic carbocycles. The van der Waals surface area contributed by atoms with E-state index in [9.17, 15) is 4.79 Å². The summed E-state index contributed by atoms with van der Waals surface area (Å²) in [7, 11) is 0. The summed E-state index contributed by atoms with van der Waals surface area (Å²) in [6.07, 6.45) is 3.61. The summed E-state index contributed by atoms with van der Waals surface area (Å²) in [5.74, 6) is -0.0487. The predicted octanol–water partition coefficient (Wildman–Crippen LogP) is 3.12. The Kier molecular flexibility index (Phi) is 3.80. The second-order valence-electron chi connectivity index (χ2n) is 5.27. The van der Waals surface area contributed by atoms with Gasteiger partial charge in [0.15, 0.2) is 0 Å². The van der Waals surface area contributed by atoms with Crippen molar-refractivity contribution in [1.29, 1.82) is 0 Å². The zero-order valence-electron chi connectivity index (χ0n) is 11.5. The van der Waals surface area contributed by atoms with Crippen molar-refractivity contribution in [2.75, 3.05) is 5.73 Å². The molecule has 1 saturated carbocycles. The van der Waals surface area contributed by atoms with E-state index < -0.39 is 0 Å². The van der Waals surface area contributed by atoms with Crippen LogP contribution in [0.3, 0.4) is 0 Å². The third kappa shape index (κ3) is 3.34. The smallest absolute Gasteiger partial charge is 0.272 e. The van der Waals surface area contributed by atoms with Gasteiger partial charge < -0.3 is 10.6 Å². The van der Waals surface area contributed by atoms with Crippen molar-refractivity contribution in [1.82, 2.24) is 9.88 Å². The van der Waals surface area contributed by atoms with Crippen molar-refractivity contribution in [2.45, 2.75) is 25.4 Å². The van der Waals surface area contributed by atoms with Crippen LogP contribution in [0.1, 0.15) is 28.9 Å². The van der Waals surface area contributed by atoms with E-state index in [0.29, 0.717) is 29.0 Å². The fourth-order valence-electron chi connectivity index (χ4n) is 2.22. The summed E-state index contributed by atoms with van der Waals surface area (Å²) < 4.78 is 0. The van der Waals surface area contributed by atoms with Gasteiger partial charge in [-0.3, -0.25) is 4.79 Å². The van der Waals surface area contributed by atoms with Crippen LogP contribution >= 0.6 is 11.6 Å². The molecule has 2 aromatic rings. The van der Waals surface area contributed by atoms with Gasteiger partial charge in [-0.25, -0.2) is 4.98 Å². The first-order chi connectivity index (χ1) is 10.1. The first-order valence-corrected chi connectivity index (χ1v) is 7.28. The van der Waals surface area contributed by atoms with E-state index in [1.54, 1.807) is 12.1 Å². The number of pyridine rings is 1. The molecule has 0 atom stereocenters. The van der Waals surface area contributed by atoms with Crippen LogP contribution in [0.25, 0.3) is 0 Å². The lowest BCUT2D eigenvalue weighted by molar-refractivity contribution is 0.0724. The molecule has 3 rings (SSSR count). The number of nitrogens with two attached hydrogens (primary N) is 1. The molecule has 1 aromatic heterocycles. The van der Waals surface area contributed by atoms with Gasteiger partial charge in [0.25, 0.3) is 5.91 Å². The van der Waals surface area contributed by atoms with E-state index >= 15 is 0 Å². The number of nitrogen functional groups attached to an aromatic ring is 1. The van der Waals surface area contributed by atoms with Crippen LogP contribution in [-0.2, 0) is 6.54 Å². The Morgan fingerprint density at radius 3 is 2.52 bits per heavy atom. The number of anilines is 1. The fourth-order valence-corrected chi connectivity index (χ4v) is 2.34. The zero-order valence-corrected chi connectivity index (χ0v) is 12.3. The highest BCUT2D eigenvalue weighted by atomic mass is 35.5. The highest BCUT2D eigenvalue weighted by Crippen LogP contribution is 2.29. The van der Waals surface area contributed by atoms with Gasteiger partial charge in [-0.1, -0.05) is 23.7 Å². The highest BCUT2D eigenvalue weighted by molar-refractivity contribution is 6.30. The quantitative estimate of drug-likeness (QED) is 0.944. The van der Waals surface area contributed by atoms with Crippen LogP contribution in [0.2, 0.25) is 5.02 Å². The van der Waals surface area contributed by atoms with Gasteiger partial charge in [0, 0.05) is 17.6 Å². The van der Waals surface area contributed by atoms with Gasteiger partial charge >= 0.3 is 0 Å². The molecule has 0 radical (unpaired) electrons. The molecule has 1 fully saturated rings. The number of hydrogen-bond acceptors (Lipinski definition) is 3. The minimum absolute atomic E-state index is 0.0487. The third-order valence-electron chi connectivity index (χ3n) is 3.52. The molecule has 0 unspecified atom stereocenters. The monoisotopic (exact) mass is 301 g/mol. The number of carbonyl (C=O) groups excluding carboxylic acids is 1. The lowest BCUT2D eigenvalue weighted by Crippen LogP contribution is -2.33. The maximum atomic E-state index is 12.6. The maximum Gasteiger partial charge on any atom is 0.272 e. The van der Waals surface area contributed by atoms with Crippen molar-refractivity contribution < 1.29 is 4.79 Å². The van der Waals surface area contributed by atoms with E-state index in [2.05, 4.69) is 4.98 Å². The maximum absolute atomic E-state index is 12.6. The number of rotatable bonds is 4. The van der Waals surface area contributed by atoms with Crippen LogP contribution < -0.4 is 5.73 Å². The van der Waals surface area contributed by atoms with Crippen molar-refractivity contribution in [3.63, 3.8) is 0 Å². The minimum atomic E-state index is -0.0487. The highest BCUT2D eigenvalue weighted by Gasteiger charge is 2.33.